The molecular weight excluding hydrogens is 298 g/mol. The van der Waals surface area contributed by atoms with E-state index >= 15 is 0 Å². The van der Waals surface area contributed by atoms with E-state index in [1.54, 1.807) is 6.07 Å². The molecule has 1 aromatic heterocycles. The molecule has 0 saturated carbocycles. The molecular formula is C9H10BrNO4S. The summed E-state index contributed by atoms with van der Waals surface area (Å²) in [5.41, 5.74) is 0. The Morgan fingerprint density at radius 2 is 2.25 bits per heavy atom. The van der Waals surface area contributed by atoms with Crippen molar-refractivity contribution in [1.82, 2.24) is 5.32 Å². The van der Waals surface area contributed by atoms with Gasteiger partial charge in [0.05, 0.1) is 12.0 Å². The fourth-order valence-corrected chi connectivity index (χ4v) is 2.49. The van der Waals surface area contributed by atoms with Gasteiger partial charge in [-0.3, -0.25) is 9.59 Å². The van der Waals surface area contributed by atoms with Crippen LogP contribution < -0.4 is 10.1 Å². The molecule has 1 rings (SSSR count). The molecule has 0 radical (unpaired) electrons. The first kappa shape index (κ1) is 13.0. The van der Waals surface area contributed by atoms with Crippen molar-refractivity contribution in [2.45, 2.75) is 13.0 Å². The van der Waals surface area contributed by atoms with Crippen molar-refractivity contribution < 1.29 is 19.4 Å². The molecule has 1 heterocycles. The molecule has 0 aliphatic rings. The van der Waals surface area contributed by atoms with Gasteiger partial charge in [-0.25, -0.2) is 0 Å². The summed E-state index contributed by atoms with van der Waals surface area (Å²) in [7, 11) is 1.49. The lowest BCUT2D eigenvalue weighted by atomic mass is 10.3. The van der Waals surface area contributed by atoms with Crippen molar-refractivity contribution in [1.29, 1.82) is 0 Å². The number of hydrogen-bond acceptors (Lipinski definition) is 4. The second kappa shape index (κ2) is 5.31. The van der Waals surface area contributed by atoms with E-state index in [0.717, 1.165) is 0 Å². The van der Waals surface area contributed by atoms with Crippen molar-refractivity contribution in [3.63, 3.8) is 0 Å². The Labute approximate surface area is 105 Å². The van der Waals surface area contributed by atoms with Gasteiger partial charge in [0.1, 0.15) is 15.6 Å². The molecule has 1 aromatic rings. The number of hydrogen-bond donors (Lipinski definition) is 2. The Morgan fingerprint density at radius 1 is 1.62 bits per heavy atom. The number of thiophene rings is 1. The number of carboxylic acid groups (broad SMARTS) is 1. The number of carboxylic acids is 1. The fraction of sp³-hybridized carbons (Fsp3) is 0.333. The van der Waals surface area contributed by atoms with Crippen molar-refractivity contribution in [2.75, 3.05) is 7.11 Å². The van der Waals surface area contributed by atoms with Crippen LogP contribution in [0.5, 0.6) is 5.75 Å². The third-order valence-electron chi connectivity index (χ3n) is 1.82. The Balaban J connectivity index is 2.77. The monoisotopic (exact) mass is 307 g/mol. The summed E-state index contributed by atoms with van der Waals surface area (Å²) in [6.07, 6.45) is 0. The van der Waals surface area contributed by atoms with E-state index in [0.29, 0.717) is 14.4 Å². The second-order valence-corrected chi connectivity index (χ2v) is 5.36. The molecule has 7 heteroatoms. The highest BCUT2D eigenvalue weighted by atomic mass is 79.9. The van der Waals surface area contributed by atoms with Crippen LogP contribution in [0.4, 0.5) is 0 Å². The lowest BCUT2D eigenvalue weighted by molar-refractivity contribution is -0.138. The molecule has 16 heavy (non-hydrogen) atoms. The third kappa shape index (κ3) is 2.96. The van der Waals surface area contributed by atoms with Gasteiger partial charge in [0.15, 0.2) is 0 Å². The van der Waals surface area contributed by atoms with Crippen LogP contribution in [0.3, 0.4) is 0 Å². The van der Waals surface area contributed by atoms with Crippen LogP contribution in [-0.4, -0.2) is 30.1 Å². The van der Waals surface area contributed by atoms with Gasteiger partial charge in [-0.15, -0.1) is 11.3 Å². The van der Waals surface area contributed by atoms with Crippen molar-refractivity contribution >= 4 is 39.1 Å². The zero-order chi connectivity index (χ0) is 12.3. The maximum atomic E-state index is 11.6. The van der Waals surface area contributed by atoms with E-state index in [2.05, 4.69) is 21.2 Å². The predicted molar refractivity (Wildman–Crippen MR) is 63.1 cm³/mol. The second-order valence-electron chi connectivity index (χ2n) is 2.99. The average Bonchev–Trinajstić information content (AvgIpc) is 2.59. The normalized spacial score (nSPS) is 11.9. The number of methoxy groups -OCH3 is 1. The Kier molecular flexibility index (Phi) is 4.31. The highest BCUT2D eigenvalue weighted by Crippen LogP contribution is 2.34. The summed E-state index contributed by atoms with van der Waals surface area (Å²) < 4.78 is 5.69. The van der Waals surface area contributed by atoms with Crippen LogP contribution in [0.1, 0.15) is 16.6 Å². The molecule has 0 fully saturated rings. The molecule has 1 unspecified atom stereocenters. The van der Waals surface area contributed by atoms with Crippen LogP contribution in [0.25, 0.3) is 0 Å². The molecule has 2 N–H and O–H groups in total. The van der Waals surface area contributed by atoms with E-state index in [9.17, 15) is 9.59 Å². The Bertz CT molecular complexity index is 418. The summed E-state index contributed by atoms with van der Waals surface area (Å²) in [5.74, 6) is -0.946. The van der Waals surface area contributed by atoms with E-state index in [1.165, 1.54) is 25.4 Å². The van der Waals surface area contributed by atoms with Crippen LogP contribution >= 0.6 is 27.3 Å². The van der Waals surface area contributed by atoms with Gasteiger partial charge in [0.2, 0.25) is 0 Å². The fourth-order valence-electron chi connectivity index (χ4n) is 0.933. The topological polar surface area (TPSA) is 75.6 Å². The molecule has 0 spiro atoms. The van der Waals surface area contributed by atoms with E-state index in [-0.39, 0.29) is 0 Å². The first-order chi connectivity index (χ1) is 7.45. The van der Waals surface area contributed by atoms with Crippen molar-refractivity contribution in [2.24, 2.45) is 0 Å². The van der Waals surface area contributed by atoms with E-state index < -0.39 is 17.9 Å². The number of nitrogens with one attached hydrogen (secondary N) is 1. The smallest absolute Gasteiger partial charge is 0.325 e. The maximum Gasteiger partial charge on any atom is 0.325 e. The zero-order valence-electron chi connectivity index (χ0n) is 8.61. The van der Waals surface area contributed by atoms with Gasteiger partial charge in [0, 0.05) is 6.07 Å². The van der Waals surface area contributed by atoms with Crippen molar-refractivity contribution in [3.05, 3.63) is 14.7 Å². The number of amides is 1. The van der Waals surface area contributed by atoms with Gasteiger partial charge < -0.3 is 15.2 Å². The van der Waals surface area contributed by atoms with Crippen LogP contribution in [0.15, 0.2) is 9.85 Å². The number of aliphatic carboxylic acids is 1. The van der Waals surface area contributed by atoms with E-state index in [4.69, 9.17) is 9.84 Å². The van der Waals surface area contributed by atoms with Crippen LogP contribution in [0, 0.1) is 0 Å². The van der Waals surface area contributed by atoms with Gasteiger partial charge in [-0.1, -0.05) is 0 Å². The molecule has 0 aliphatic heterocycles. The highest BCUT2D eigenvalue weighted by Gasteiger charge is 2.18. The van der Waals surface area contributed by atoms with Gasteiger partial charge in [-0.2, -0.15) is 0 Å². The largest absolute Gasteiger partial charge is 0.495 e. The van der Waals surface area contributed by atoms with Crippen molar-refractivity contribution in [3.8, 4) is 5.75 Å². The summed E-state index contributed by atoms with van der Waals surface area (Å²) in [4.78, 5) is 22.5. The molecule has 88 valence electrons. The zero-order valence-corrected chi connectivity index (χ0v) is 11.0. The lowest BCUT2D eigenvalue weighted by Crippen LogP contribution is -2.37. The lowest BCUT2D eigenvalue weighted by Gasteiger charge is -2.07. The number of carbonyl (C=O) groups is 2. The molecule has 1 atom stereocenters. The minimum Gasteiger partial charge on any atom is -0.495 e. The first-order valence-electron chi connectivity index (χ1n) is 4.32. The quantitative estimate of drug-likeness (QED) is 0.888. The number of ether oxygens (including phenoxy) is 1. The SMILES string of the molecule is COc1cc(C(=O)NC(C)C(=O)O)sc1Br. The number of halogens is 1. The minimum atomic E-state index is -1.07. The molecule has 0 aromatic carbocycles. The van der Waals surface area contributed by atoms with Gasteiger partial charge in [-0.05, 0) is 22.9 Å². The molecule has 5 nitrogen and oxygen atoms in total. The summed E-state index contributed by atoms with van der Waals surface area (Å²) in [5, 5.41) is 11.0. The van der Waals surface area contributed by atoms with E-state index in [1.807, 2.05) is 0 Å². The molecule has 0 aliphatic carbocycles. The molecule has 0 saturated heterocycles. The maximum absolute atomic E-state index is 11.6. The summed E-state index contributed by atoms with van der Waals surface area (Å²) in [6.45, 7) is 1.40. The van der Waals surface area contributed by atoms with Gasteiger partial charge >= 0.3 is 5.97 Å². The third-order valence-corrected chi connectivity index (χ3v) is 3.60. The predicted octanol–water partition coefficient (Wildman–Crippen LogP) is 1.72. The average molecular weight is 308 g/mol. The Morgan fingerprint density at radius 3 is 2.69 bits per heavy atom. The van der Waals surface area contributed by atoms with Crippen LogP contribution in [0.2, 0.25) is 0 Å². The van der Waals surface area contributed by atoms with Gasteiger partial charge in [0.25, 0.3) is 5.91 Å². The highest BCUT2D eigenvalue weighted by molar-refractivity contribution is 9.11. The number of carbonyl (C=O) groups excluding carboxylic acids is 1. The van der Waals surface area contributed by atoms with Crippen LogP contribution in [-0.2, 0) is 4.79 Å². The molecule has 1 amide bonds. The number of rotatable bonds is 4. The Hall–Kier alpha value is -1.08. The first-order valence-corrected chi connectivity index (χ1v) is 5.93. The summed E-state index contributed by atoms with van der Waals surface area (Å²) in [6, 6.07) is 0.637. The molecule has 0 bridgehead atoms. The summed E-state index contributed by atoms with van der Waals surface area (Å²) >= 11 is 4.43. The minimum absolute atomic E-state index is 0.400. The standard InChI is InChI=1S/C9H10BrNO4S/c1-4(9(13)14)11-8(12)6-3-5(15-2)7(10)16-6/h3-4H,1-2H3,(H,11,12)(H,13,14).